The lowest BCUT2D eigenvalue weighted by Gasteiger charge is -2.27. The molecular weight excluding hydrogens is 294 g/mol. The average molecular weight is 319 g/mol. The van der Waals surface area contributed by atoms with Gasteiger partial charge in [-0.25, -0.2) is 4.79 Å². The van der Waals surface area contributed by atoms with E-state index < -0.39 is 0 Å². The standard InChI is InChI=1S/C17H25N3O3/c1-4-17(2,3)19-15(21)13-5-7-14(8-6-13)18-16(22)20-9-11-23-12-10-20/h5-8H,4,9-12H2,1-3H3,(H,18,22)(H,19,21). The van der Waals surface area contributed by atoms with Gasteiger partial charge in [0.15, 0.2) is 0 Å². The Kier molecular flexibility index (Phi) is 5.60. The lowest BCUT2D eigenvalue weighted by atomic mass is 10.0. The molecule has 1 heterocycles. The number of urea groups is 1. The van der Waals surface area contributed by atoms with Crippen LogP contribution in [-0.4, -0.2) is 48.7 Å². The van der Waals surface area contributed by atoms with Crippen molar-refractivity contribution in [2.24, 2.45) is 0 Å². The fourth-order valence-electron chi connectivity index (χ4n) is 2.14. The van der Waals surface area contributed by atoms with Gasteiger partial charge in [0.1, 0.15) is 0 Å². The van der Waals surface area contributed by atoms with E-state index in [0.717, 1.165) is 6.42 Å². The number of benzene rings is 1. The quantitative estimate of drug-likeness (QED) is 0.895. The predicted octanol–water partition coefficient (Wildman–Crippen LogP) is 2.47. The molecule has 1 fully saturated rings. The van der Waals surface area contributed by atoms with Crippen LogP contribution in [0.4, 0.5) is 10.5 Å². The maximum Gasteiger partial charge on any atom is 0.321 e. The molecule has 0 aliphatic carbocycles. The number of carbonyl (C=O) groups is 2. The highest BCUT2D eigenvalue weighted by Crippen LogP contribution is 2.13. The summed E-state index contributed by atoms with van der Waals surface area (Å²) in [5.74, 6) is -0.108. The molecule has 1 aliphatic heterocycles. The number of rotatable bonds is 4. The Morgan fingerprint density at radius 3 is 2.35 bits per heavy atom. The van der Waals surface area contributed by atoms with Gasteiger partial charge >= 0.3 is 6.03 Å². The molecule has 23 heavy (non-hydrogen) atoms. The lowest BCUT2D eigenvalue weighted by molar-refractivity contribution is 0.0564. The maximum absolute atomic E-state index is 12.2. The van der Waals surface area contributed by atoms with Crippen LogP contribution in [0.3, 0.4) is 0 Å². The van der Waals surface area contributed by atoms with Gasteiger partial charge in [0.25, 0.3) is 5.91 Å². The van der Waals surface area contributed by atoms with Gasteiger partial charge in [0.05, 0.1) is 13.2 Å². The third-order valence-corrected chi connectivity index (χ3v) is 4.03. The Bertz CT molecular complexity index is 549. The van der Waals surface area contributed by atoms with E-state index in [1.54, 1.807) is 29.2 Å². The summed E-state index contributed by atoms with van der Waals surface area (Å²) in [4.78, 5) is 26.0. The van der Waals surface area contributed by atoms with Crippen molar-refractivity contribution < 1.29 is 14.3 Å². The van der Waals surface area contributed by atoms with Gasteiger partial charge in [-0.3, -0.25) is 4.79 Å². The summed E-state index contributed by atoms with van der Waals surface area (Å²) < 4.78 is 5.23. The summed E-state index contributed by atoms with van der Waals surface area (Å²) in [6.07, 6.45) is 0.854. The first kappa shape index (κ1) is 17.3. The second-order valence-corrected chi connectivity index (χ2v) is 6.30. The first-order valence-corrected chi connectivity index (χ1v) is 7.97. The molecule has 0 unspecified atom stereocenters. The van der Waals surface area contributed by atoms with Crippen LogP contribution < -0.4 is 10.6 Å². The number of ether oxygens (including phenoxy) is 1. The fourth-order valence-corrected chi connectivity index (χ4v) is 2.14. The number of amides is 3. The van der Waals surface area contributed by atoms with Gasteiger partial charge in [-0.15, -0.1) is 0 Å². The Morgan fingerprint density at radius 1 is 1.17 bits per heavy atom. The average Bonchev–Trinajstić information content (AvgIpc) is 2.56. The van der Waals surface area contributed by atoms with Gasteiger partial charge in [-0.1, -0.05) is 6.92 Å². The molecule has 3 amide bonds. The summed E-state index contributed by atoms with van der Waals surface area (Å²) >= 11 is 0. The van der Waals surface area contributed by atoms with E-state index in [-0.39, 0.29) is 17.5 Å². The van der Waals surface area contributed by atoms with Crippen molar-refractivity contribution in [1.29, 1.82) is 0 Å². The zero-order valence-corrected chi connectivity index (χ0v) is 14.0. The van der Waals surface area contributed by atoms with Crippen LogP contribution in [0.5, 0.6) is 0 Å². The monoisotopic (exact) mass is 319 g/mol. The summed E-state index contributed by atoms with van der Waals surface area (Å²) in [6, 6.07) is 6.78. The Morgan fingerprint density at radius 2 is 1.78 bits per heavy atom. The molecule has 6 heteroatoms. The predicted molar refractivity (Wildman–Crippen MR) is 89.7 cm³/mol. The molecule has 0 spiro atoms. The molecule has 0 aromatic heterocycles. The molecule has 1 aromatic carbocycles. The molecule has 1 aromatic rings. The number of anilines is 1. The summed E-state index contributed by atoms with van der Waals surface area (Å²) in [5.41, 5.74) is 1.02. The van der Waals surface area contributed by atoms with Crippen molar-refractivity contribution in [1.82, 2.24) is 10.2 Å². The van der Waals surface area contributed by atoms with Crippen molar-refractivity contribution in [3.63, 3.8) is 0 Å². The highest BCUT2D eigenvalue weighted by molar-refractivity contribution is 5.96. The number of carbonyl (C=O) groups excluding carboxylic acids is 2. The van der Waals surface area contributed by atoms with E-state index in [2.05, 4.69) is 10.6 Å². The van der Waals surface area contributed by atoms with Crippen LogP contribution in [0.15, 0.2) is 24.3 Å². The van der Waals surface area contributed by atoms with Crippen molar-refractivity contribution in [3.8, 4) is 0 Å². The molecular formula is C17H25N3O3. The molecule has 2 N–H and O–H groups in total. The molecule has 1 aliphatic rings. The van der Waals surface area contributed by atoms with Crippen LogP contribution >= 0.6 is 0 Å². The van der Waals surface area contributed by atoms with Crippen molar-refractivity contribution in [2.45, 2.75) is 32.7 Å². The largest absolute Gasteiger partial charge is 0.378 e. The van der Waals surface area contributed by atoms with Gasteiger partial charge < -0.3 is 20.3 Å². The Balaban J connectivity index is 1.93. The molecule has 0 atom stereocenters. The maximum atomic E-state index is 12.2. The van der Waals surface area contributed by atoms with E-state index >= 15 is 0 Å². The highest BCUT2D eigenvalue weighted by Gasteiger charge is 2.19. The van der Waals surface area contributed by atoms with E-state index in [4.69, 9.17) is 4.74 Å². The molecule has 1 saturated heterocycles. The SMILES string of the molecule is CCC(C)(C)NC(=O)c1ccc(NC(=O)N2CCOCC2)cc1. The second-order valence-electron chi connectivity index (χ2n) is 6.30. The summed E-state index contributed by atoms with van der Waals surface area (Å²) in [5, 5.41) is 5.82. The third kappa shape index (κ3) is 4.96. The van der Waals surface area contributed by atoms with E-state index in [1.165, 1.54) is 0 Å². The molecule has 6 nitrogen and oxygen atoms in total. The number of morpholine rings is 1. The zero-order valence-electron chi connectivity index (χ0n) is 14.0. The van der Waals surface area contributed by atoms with Gasteiger partial charge in [0, 0.05) is 29.9 Å². The summed E-state index contributed by atoms with van der Waals surface area (Å²) in [7, 11) is 0. The Labute approximate surface area is 137 Å². The van der Waals surface area contributed by atoms with Crippen molar-refractivity contribution in [3.05, 3.63) is 29.8 Å². The van der Waals surface area contributed by atoms with Gasteiger partial charge in [0.2, 0.25) is 0 Å². The molecule has 0 radical (unpaired) electrons. The Hall–Kier alpha value is -2.08. The molecule has 2 rings (SSSR count). The topological polar surface area (TPSA) is 70.7 Å². The smallest absolute Gasteiger partial charge is 0.321 e. The molecule has 0 saturated carbocycles. The molecule has 0 bridgehead atoms. The number of nitrogens with one attached hydrogen (secondary N) is 2. The molecule has 126 valence electrons. The first-order valence-electron chi connectivity index (χ1n) is 7.97. The van der Waals surface area contributed by atoms with Crippen molar-refractivity contribution >= 4 is 17.6 Å². The van der Waals surface area contributed by atoms with E-state index in [9.17, 15) is 9.59 Å². The van der Waals surface area contributed by atoms with Crippen LogP contribution in [0.25, 0.3) is 0 Å². The van der Waals surface area contributed by atoms with Gasteiger partial charge in [-0.05, 0) is 44.5 Å². The number of hydrogen-bond acceptors (Lipinski definition) is 3. The first-order chi connectivity index (χ1) is 10.9. The minimum absolute atomic E-state index is 0.108. The number of nitrogens with zero attached hydrogens (tertiary/aromatic N) is 1. The van der Waals surface area contributed by atoms with Crippen LogP contribution in [0.2, 0.25) is 0 Å². The van der Waals surface area contributed by atoms with Crippen LogP contribution in [0, 0.1) is 0 Å². The summed E-state index contributed by atoms with van der Waals surface area (Å²) in [6.45, 7) is 8.34. The van der Waals surface area contributed by atoms with Gasteiger partial charge in [-0.2, -0.15) is 0 Å². The minimum atomic E-state index is -0.236. The van der Waals surface area contributed by atoms with E-state index in [0.29, 0.717) is 37.6 Å². The second kappa shape index (κ2) is 7.46. The zero-order chi connectivity index (χ0) is 16.9. The number of hydrogen-bond donors (Lipinski definition) is 2. The minimum Gasteiger partial charge on any atom is -0.378 e. The van der Waals surface area contributed by atoms with Crippen LogP contribution in [-0.2, 0) is 4.74 Å². The fraction of sp³-hybridized carbons (Fsp3) is 0.529. The third-order valence-electron chi connectivity index (χ3n) is 4.03. The van der Waals surface area contributed by atoms with Crippen molar-refractivity contribution in [2.75, 3.05) is 31.6 Å². The van der Waals surface area contributed by atoms with E-state index in [1.807, 2.05) is 20.8 Å². The lowest BCUT2D eigenvalue weighted by Crippen LogP contribution is -2.43. The highest BCUT2D eigenvalue weighted by atomic mass is 16.5. The van der Waals surface area contributed by atoms with Crippen LogP contribution in [0.1, 0.15) is 37.6 Å². The normalized spacial score (nSPS) is 15.2.